The summed E-state index contributed by atoms with van der Waals surface area (Å²) in [5.74, 6) is 1.07. The fraction of sp³-hybridized carbons (Fsp3) is 0.409. The van der Waals surface area contributed by atoms with Gasteiger partial charge in [0.15, 0.2) is 5.82 Å². The highest BCUT2D eigenvalue weighted by Gasteiger charge is 2.41. The summed E-state index contributed by atoms with van der Waals surface area (Å²) < 4.78 is 5.19. The van der Waals surface area contributed by atoms with Crippen LogP contribution in [0.2, 0.25) is 5.02 Å². The normalized spacial score (nSPS) is 22.4. The number of anilines is 1. The minimum absolute atomic E-state index is 0.210. The van der Waals surface area contributed by atoms with Crippen molar-refractivity contribution >= 4 is 39.6 Å². The Morgan fingerprint density at radius 3 is 2.70 bits per heavy atom. The SMILES string of the molecule is COc1cnc2ccc(-c3[nH]nc4nc(N5[C@@H]6CC[C@H]5CC(N)C6)c(CO)nc34)c(Cl)c2n1. The Morgan fingerprint density at radius 1 is 1.18 bits per heavy atom. The molecule has 2 fully saturated rings. The summed E-state index contributed by atoms with van der Waals surface area (Å²) >= 11 is 6.73. The number of fused-ring (bicyclic) bond motifs is 4. The average Bonchev–Trinajstić information content (AvgIpc) is 3.35. The van der Waals surface area contributed by atoms with Crippen LogP contribution in [0.1, 0.15) is 31.4 Å². The van der Waals surface area contributed by atoms with Crippen molar-refractivity contribution in [2.75, 3.05) is 12.0 Å². The number of aromatic amines is 1. The summed E-state index contributed by atoms with van der Waals surface area (Å²) in [6, 6.07) is 4.52. The van der Waals surface area contributed by atoms with Gasteiger partial charge in [-0.25, -0.2) is 19.9 Å². The highest BCUT2D eigenvalue weighted by atomic mass is 35.5. The molecule has 3 aromatic heterocycles. The van der Waals surface area contributed by atoms with Crippen molar-refractivity contribution in [3.05, 3.63) is 29.0 Å². The number of rotatable bonds is 4. The molecule has 5 heterocycles. The Kier molecular flexibility index (Phi) is 4.82. The van der Waals surface area contributed by atoms with Crippen LogP contribution in [0, 0.1) is 0 Å². The molecule has 0 radical (unpaired) electrons. The van der Waals surface area contributed by atoms with Crippen molar-refractivity contribution in [1.82, 2.24) is 30.1 Å². The van der Waals surface area contributed by atoms with Crippen LogP contribution < -0.4 is 15.4 Å². The molecule has 0 saturated carbocycles. The minimum Gasteiger partial charge on any atom is -0.480 e. The Balaban J connectivity index is 1.48. The average molecular weight is 467 g/mol. The first-order chi connectivity index (χ1) is 16.1. The quantitative estimate of drug-likeness (QED) is 0.414. The number of H-pyrrole nitrogens is 1. The van der Waals surface area contributed by atoms with Crippen LogP contribution >= 0.6 is 11.6 Å². The number of hydrogen-bond acceptors (Lipinski definition) is 9. The summed E-state index contributed by atoms with van der Waals surface area (Å²) in [4.78, 5) is 20.7. The van der Waals surface area contributed by atoms with E-state index in [4.69, 9.17) is 32.0 Å². The van der Waals surface area contributed by atoms with Crippen molar-refractivity contribution in [2.24, 2.45) is 5.73 Å². The van der Waals surface area contributed by atoms with E-state index < -0.39 is 0 Å². The van der Waals surface area contributed by atoms with E-state index >= 15 is 0 Å². The van der Waals surface area contributed by atoms with Gasteiger partial charge in [-0.2, -0.15) is 5.10 Å². The lowest BCUT2D eigenvalue weighted by Gasteiger charge is -2.39. The number of methoxy groups -OCH3 is 1. The molecule has 3 atom stereocenters. The molecule has 11 heteroatoms. The van der Waals surface area contributed by atoms with Crippen LogP contribution in [0.4, 0.5) is 5.82 Å². The van der Waals surface area contributed by atoms with Gasteiger partial charge in [0.25, 0.3) is 0 Å². The van der Waals surface area contributed by atoms with Gasteiger partial charge in [-0.3, -0.25) is 5.10 Å². The van der Waals surface area contributed by atoms with Gasteiger partial charge in [-0.15, -0.1) is 0 Å². The number of hydrogen-bond donors (Lipinski definition) is 3. The van der Waals surface area contributed by atoms with Crippen LogP contribution in [0.5, 0.6) is 5.88 Å². The zero-order chi connectivity index (χ0) is 22.7. The highest BCUT2D eigenvalue weighted by Crippen LogP contribution is 2.41. The van der Waals surface area contributed by atoms with E-state index in [1.807, 2.05) is 12.1 Å². The largest absolute Gasteiger partial charge is 0.480 e. The van der Waals surface area contributed by atoms with Gasteiger partial charge in [-0.05, 0) is 37.8 Å². The molecule has 6 rings (SSSR count). The predicted molar refractivity (Wildman–Crippen MR) is 124 cm³/mol. The third-order valence-corrected chi connectivity index (χ3v) is 7.09. The molecular formula is C22H23ClN8O2. The molecule has 2 aliphatic heterocycles. The van der Waals surface area contributed by atoms with Gasteiger partial charge in [0.1, 0.15) is 16.7 Å². The van der Waals surface area contributed by atoms with Crippen LogP contribution in [0.3, 0.4) is 0 Å². The first-order valence-electron chi connectivity index (χ1n) is 11.0. The standard InChI is InChI=1S/C22H23ClN8O2/c1-33-16-8-25-14-5-4-13(17(23)19(14)27-16)18-20-21(30-29-18)28-22(15(9-32)26-20)31-11-2-3-12(31)7-10(24)6-11/h4-5,8,10-12,32H,2-3,6-7,9,24H2,1H3,(H,28,29,30)/t10?,11-,12+. The van der Waals surface area contributed by atoms with Crippen LogP contribution in [-0.2, 0) is 6.61 Å². The second-order valence-corrected chi connectivity index (χ2v) is 9.03. The monoisotopic (exact) mass is 466 g/mol. The predicted octanol–water partition coefficient (Wildman–Crippen LogP) is 2.58. The number of aliphatic hydroxyl groups is 1. The number of piperidine rings is 1. The summed E-state index contributed by atoms with van der Waals surface area (Å²) in [7, 11) is 1.53. The summed E-state index contributed by atoms with van der Waals surface area (Å²) in [6.07, 6.45) is 5.54. The number of aromatic nitrogens is 6. The van der Waals surface area contributed by atoms with E-state index in [0.29, 0.717) is 68.0 Å². The lowest BCUT2D eigenvalue weighted by Crippen LogP contribution is -2.48. The molecule has 0 spiro atoms. The fourth-order valence-electron chi connectivity index (χ4n) is 5.25. The Hall–Kier alpha value is -3.08. The lowest BCUT2D eigenvalue weighted by molar-refractivity contribution is 0.276. The Morgan fingerprint density at radius 2 is 1.97 bits per heavy atom. The highest BCUT2D eigenvalue weighted by molar-refractivity contribution is 6.38. The first kappa shape index (κ1) is 20.5. The number of nitrogens with two attached hydrogens (primary N) is 1. The fourth-order valence-corrected chi connectivity index (χ4v) is 5.54. The smallest absolute Gasteiger partial charge is 0.232 e. The number of ether oxygens (including phenoxy) is 1. The van der Waals surface area contributed by atoms with E-state index in [2.05, 4.69) is 25.1 Å². The number of nitrogens with one attached hydrogen (secondary N) is 1. The number of benzene rings is 1. The maximum Gasteiger partial charge on any atom is 0.232 e. The van der Waals surface area contributed by atoms with E-state index in [1.54, 1.807) is 6.20 Å². The van der Waals surface area contributed by atoms with Crippen LogP contribution in [0.25, 0.3) is 33.5 Å². The van der Waals surface area contributed by atoms with Gasteiger partial charge in [0.2, 0.25) is 11.5 Å². The molecule has 1 unspecified atom stereocenters. The van der Waals surface area contributed by atoms with Crippen molar-refractivity contribution < 1.29 is 9.84 Å². The van der Waals surface area contributed by atoms with E-state index in [-0.39, 0.29) is 12.6 Å². The third kappa shape index (κ3) is 3.20. The second-order valence-electron chi connectivity index (χ2n) is 8.65. The van der Waals surface area contributed by atoms with Gasteiger partial charge in [0.05, 0.1) is 36.1 Å². The Labute approximate surface area is 194 Å². The summed E-state index contributed by atoms with van der Waals surface area (Å²) in [5, 5.41) is 18.0. The van der Waals surface area contributed by atoms with Crippen molar-refractivity contribution in [3.8, 4) is 17.1 Å². The summed E-state index contributed by atoms with van der Waals surface area (Å²) in [5.41, 5.74) is 10.2. The molecule has 2 aliphatic rings. The number of aliphatic hydroxyl groups excluding tert-OH is 1. The van der Waals surface area contributed by atoms with Crippen molar-refractivity contribution in [3.63, 3.8) is 0 Å². The van der Waals surface area contributed by atoms with Crippen molar-refractivity contribution in [1.29, 1.82) is 0 Å². The molecule has 2 saturated heterocycles. The molecule has 4 aromatic rings. The maximum atomic E-state index is 10.2. The molecule has 170 valence electrons. The third-order valence-electron chi connectivity index (χ3n) is 6.71. The van der Waals surface area contributed by atoms with Gasteiger partial charge < -0.3 is 20.5 Å². The zero-order valence-corrected chi connectivity index (χ0v) is 18.7. The first-order valence-corrected chi connectivity index (χ1v) is 11.3. The topological polar surface area (TPSA) is 139 Å². The lowest BCUT2D eigenvalue weighted by atomic mass is 9.98. The molecule has 2 bridgehead atoms. The summed E-state index contributed by atoms with van der Waals surface area (Å²) in [6.45, 7) is -0.223. The molecule has 10 nitrogen and oxygen atoms in total. The molecule has 4 N–H and O–H groups in total. The molecule has 0 amide bonds. The van der Waals surface area contributed by atoms with Crippen LogP contribution in [0.15, 0.2) is 18.3 Å². The van der Waals surface area contributed by atoms with Gasteiger partial charge in [-0.1, -0.05) is 11.6 Å². The molecule has 1 aromatic carbocycles. The molecular weight excluding hydrogens is 444 g/mol. The van der Waals surface area contributed by atoms with E-state index in [1.165, 1.54) is 7.11 Å². The van der Waals surface area contributed by atoms with Gasteiger partial charge in [0, 0.05) is 23.7 Å². The van der Waals surface area contributed by atoms with Crippen LogP contribution in [-0.4, -0.2) is 60.5 Å². The van der Waals surface area contributed by atoms with Gasteiger partial charge >= 0.3 is 0 Å². The minimum atomic E-state index is -0.223. The second kappa shape index (κ2) is 7.75. The molecule has 33 heavy (non-hydrogen) atoms. The van der Waals surface area contributed by atoms with Crippen molar-refractivity contribution in [2.45, 2.75) is 50.4 Å². The van der Waals surface area contributed by atoms with E-state index in [9.17, 15) is 5.11 Å². The Bertz CT molecular complexity index is 1360. The van der Waals surface area contributed by atoms with E-state index in [0.717, 1.165) is 25.7 Å². The zero-order valence-electron chi connectivity index (χ0n) is 18.0. The molecule has 0 aliphatic carbocycles. The number of nitrogens with zero attached hydrogens (tertiary/aromatic N) is 6. The number of halogens is 1. The maximum absolute atomic E-state index is 10.2.